The summed E-state index contributed by atoms with van der Waals surface area (Å²) in [5.74, 6) is 1.19. The third-order valence-electron chi connectivity index (χ3n) is 1.73. The van der Waals surface area contributed by atoms with Gasteiger partial charge in [0.2, 0.25) is 0 Å². The Morgan fingerprint density at radius 2 is 2.31 bits per heavy atom. The molecule has 0 fully saturated rings. The maximum atomic E-state index is 5.60. The van der Waals surface area contributed by atoms with E-state index in [9.17, 15) is 0 Å². The predicted molar refractivity (Wildman–Crippen MR) is 48.3 cm³/mol. The molecule has 0 saturated heterocycles. The van der Waals surface area contributed by atoms with Gasteiger partial charge in [0.25, 0.3) is 0 Å². The summed E-state index contributed by atoms with van der Waals surface area (Å²) in [4.78, 5) is 0. The molecule has 2 aromatic heterocycles. The van der Waals surface area contributed by atoms with E-state index in [1.807, 2.05) is 19.2 Å². The molecule has 0 radical (unpaired) electrons. The van der Waals surface area contributed by atoms with Crippen LogP contribution in [-0.4, -0.2) is 20.0 Å². The second-order valence-electron chi connectivity index (χ2n) is 2.72. The third-order valence-corrected chi connectivity index (χ3v) is 1.73. The van der Waals surface area contributed by atoms with Gasteiger partial charge in [-0.25, -0.2) is 4.68 Å². The van der Waals surface area contributed by atoms with E-state index in [1.54, 1.807) is 16.9 Å². The quantitative estimate of drug-likeness (QED) is 0.687. The Labute approximate surface area is 75.2 Å². The zero-order valence-corrected chi connectivity index (χ0v) is 7.18. The maximum Gasteiger partial charge on any atom is 0.175 e. The van der Waals surface area contributed by atoms with E-state index < -0.39 is 0 Å². The number of hydrogen-bond donors (Lipinski definition) is 1. The average molecular weight is 175 g/mol. The molecule has 0 aliphatic carbocycles. The Kier molecular flexibility index (Phi) is 1.70. The number of rotatable bonds is 1. The number of nitrogens with two attached hydrogens (primary N) is 1. The Balaban J connectivity index is 2.48. The monoisotopic (exact) mass is 175 g/mol. The highest BCUT2D eigenvalue weighted by Gasteiger charge is 2.02. The highest BCUT2D eigenvalue weighted by atomic mass is 15.3. The molecule has 0 bridgehead atoms. The highest BCUT2D eigenvalue weighted by molar-refractivity contribution is 5.38. The molecule has 0 aromatic carbocycles. The molecule has 0 unspecified atom stereocenters. The number of aromatic nitrogens is 4. The lowest BCUT2D eigenvalue weighted by molar-refractivity contribution is 0.817. The van der Waals surface area contributed by atoms with Crippen LogP contribution in [0.1, 0.15) is 5.56 Å². The fraction of sp³-hybridized carbons (Fsp3) is 0.125. The van der Waals surface area contributed by atoms with E-state index in [2.05, 4.69) is 15.3 Å². The molecule has 5 heteroatoms. The minimum atomic E-state index is 0.519. The van der Waals surface area contributed by atoms with Crippen molar-refractivity contribution >= 4 is 5.82 Å². The van der Waals surface area contributed by atoms with E-state index in [-0.39, 0.29) is 0 Å². The SMILES string of the molecule is Cc1cn(-c2cccnn2)nc1N. The normalized spacial score (nSPS) is 10.2. The summed E-state index contributed by atoms with van der Waals surface area (Å²) in [5.41, 5.74) is 6.53. The first-order valence-electron chi connectivity index (χ1n) is 3.87. The Hall–Kier alpha value is -1.91. The van der Waals surface area contributed by atoms with Crippen molar-refractivity contribution in [3.05, 3.63) is 30.1 Å². The van der Waals surface area contributed by atoms with Crippen molar-refractivity contribution in [3.63, 3.8) is 0 Å². The van der Waals surface area contributed by atoms with Gasteiger partial charge in [0.05, 0.1) is 0 Å². The van der Waals surface area contributed by atoms with Gasteiger partial charge in [-0.3, -0.25) is 0 Å². The van der Waals surface area contributed by atoms with Crippen molar-refractivity contribution in [2.75, 3.05) is 5.73 Å². The predicted octanol–water partition coefficient (Wildman–Crippen LogP) is 0.553. The van der Waals surface area contributed by atoms with Crippen LogP contribution in [0.5, 0.6) is 0 Å². The highest BCUT2D eigenvalue weighted by Crippen LogP contribution is 2.09. The lowest BCUT2D eigenvalue weighted by Gasteiger charge is -1.95. The first kappa shape index (κ1) is 7.72. The molecule has 0 amide bonds. The molecule has 2 heterocycles. The fourth-order valence-corrected chi connectivity index (χ4v) is 1.01. The third kappa shape index (κ3) is 1.35. The van der Waals surface area contributed by atoms with Crippen LogP contribution < -0.4 is 5.73 Å². The van der Waals surface area contributed by atoms with Gasteiger partial charge in [0, 0.05) is 18.0 Å². The summed E-state index contributed by atoms with van der Waals surface area (Å²) in [5, 5.41) is 11.7. The Bertz CT molecular complexity index is 386. The Morgan fingerprint density at radius 1 is 1.46 bits per heavy atom. The summed E-state index contributed by atoms with van der Waals surface area (Å²) in [6.45, 7) is 1.90. The minimum absolute atomic E-state index is 0.519. The van der Waals surface area contributed by atoms with Gasteiger partial charge in [-0.1, -0.05) is 0 Å². The number of aryl methyl sites for hydroxylation is 1. The summed E-state index contributed by atoms with van der Waals surface area (Å²) < 4.78 is 1.61. The zero-order chi connectivity index (χ0) is 9.26. The molecule has 0 spiro atoms. The van der Waals surface area contributed by atoms with E-state index in [4.69, 9.17) is 5.73 Å². The van der Waals surface area contributed by atoms with Crippen LogP contribution in [0.25, 0.3) is 5.82 Å². The van der Waals surface area contributed by atoms with E-state index >= 15 is 0 Å². The van der Waals surface area contributed by atoms with Crippen LogP contribution in [0.4, 0.5) is 5.82 Å². The van der Waals surface area contributed by atoms with Gasteiger partial charge in [0.15, 0.2) is 5.82 Å². The maximum absolute atomic E-state index is 5.60. The number of nitrogens with zero attached hydrogens (tertiary/aromatic N) is 4. The Morgan fingerprint density at radius 3 is 2.85 bits per heavy atom. The smallest absolute Gasteiger partial charge is 0.175 e. The topological polar surface area (TPSA) is 69.6 Å². The summed E-state index contributed by atoms with van der Waals surface area (Å²) in [6, 6.07) is 3.62. The zero-order valence-electron chi connectivity index (χ0n) is 7.18. The van der Waals surface area contributed by atoms with Gasteiger partial charge in [0.1, 0.15) is 5.82 Å². The molecule has 0 saturated carbocycles. The van der Waals surface area contributed by atoms with Crippen molar-refractivity contribution in [3.8, 4) is 5.82 Å². The van der Waals surface area contributed by atoms with Crippen molar-refractivity contribution < 1.29 is 0 Å². The van der Waals surface area contributed by atoms with Crippen molar-refractivity contribution in [1.82, 2.24) is 20.0 Å². The molecule has 13 heavy (non-hydrogen) atoms. The molecule has 2 aromatic rings. The average Bonchev–Trinajstić information content (AvgIpc) is 2.49. The van der Waals surface area contributed by atoms with Crippen LogP contribution >= 0.6 is 0 Å². The molecule has 2 rings (SSSR count). The summed E-state index contributed by atoms with van der Waals surface area (Å²) in [7, 11) is 0. The molecule has 0 aliphatic rings. The number of hydrogen-bond acceptors (Lipinski definition) is 4. The largest absolute Gasteiger partial charge is 0.382 e. The van der Waals surface area contributed by atoms with Crippen molar-refractivity contribution in [2.45, 2.75) is 6.92 Å². The van der Waals surface area contributed by atoms with Gasteiger partial charge in [-0.2, -0.15) is 5.10 Å². The van der Waals surface area contributed by atoms with Crippen molar-refractivity contribution in [2.24, 2.45) is 0 Å². The first-order valence-corrected chi connectivity index (χ1v) is 3.87. The second kappa shape index (κ2) is 2.85. The molecule has 0 atom stereocenters. The molecule has 0 aliphatic heterocycles. The van der Waals surface area contributed by atoms with E-state index in [0.29, 0.717) is 11.6 Å². The van der Waals surface area contributed by atoms with Gasteiger partial charge in [-0.05, 0) is 19.1 Å². The lowest BCUT2D eigenvalue weighted by Crippen LogP contribution is -1.99. The van der Waals surface area contributed by atoms with E-state index in [0.717, 1.165) is 5.56 Å². The lowest BCUT2D eigenvalue weighted by atomic mass is 10.4. The number of anilines is 1. The van der Waals surface area contributed by atoms with Crippen LogP contribution in [-0.2, 0) is 0 Å². The van der Waals surface area contributed by atoms with Crippen LogP contribution in [0.15, 0.2) is 24.5 Å². The summed E-state index contributed by atoms with van der Waals surface area (Å²) >= 11 is 0. The second-order valence-corrected chi connectivity index (χ2v) is 2.72. The summed E-state index contributed by atoms with van der Waals surface area (Å²) in [6.07, 6.45) is 3.43. The molecule has 2 N–H and O–H groups in total. The molecule has 5 nitrogen and oxygen atoms in total. The minimum Gasteiger partial charge on any atom is -0.382 e. The van der Waals surface area contributed by atoms with Crippen molar-refractivity contribution in [1.29, 1.82) is 0 Å². The fourth-order valence-electron chi connectivity index (χ4n) is 1.01. The molecular formula is C8H9N5. The van der Waals surface area contributed by atoms with Crippen LogP contribution in [0, 0.1) is 6.92 Å². The van der Waals surface area contributed by atoms with Gasteiger partial charge in [-0.15, -0.1) is 10.2 Å². The van der Waals surface area contributed by atoms with Gasteiger partial charge < -0.3 is 5.73 Å². The standard InChI is InChI=1S/C8H9N5/c1-6-5-13(12-8(6)9)7-3-2-4-10-11-7/h2-5H,1H3,(H2,9,12). The van der Waals surface area contributed by atoms with Crippen LogP contribution in [0.3, 0.4) is 0 Å². The number of nitrogen functional groups attached to an aromatic ring is 1. The molecular weight excluding hydrogens is 166 g/mol. The first-order chi connectivity index (χ1) is 6.27. The molecule has 66 valence electrons. The van der Waals surface area contributed by atoms with Gasteiger partial charge >= 0.3 is 0 Å². The van der Waals surface area contributed by atoms with E-state index in [1.165, 1.54) is 0 Å². The van der Waals surface area contributed by atoms with Crippen LogP contribution in [0.2, 0.25) is 0 Å².